The third-order valence-corrected chi connectivity index (χ3v) is 10.9. The van der Waals surface area contributed by atoms with Crippen LogP contribution in [0.4, 0.5) is 11.4 Å². The molecule has 5 aromatic rings. The van der Waals surface area contributed by atoms with Crippen molar-refractivity contribution < 1.29 is 9.59 Å². The van der Waals surface area contributed by atoms with Gasteiger partial charge in [-0.1, -0.05) is 127 Å². The highest BCUT2D eigenvalue weighted by atomic mass is 31.2. The molecule has 0 aliphatic heterocycles. The van der Waals surface area contributed by atoms with Crippen molar-refractivity contribution in [2.45, 2.75) is 39.3 Å². The van der Waals surface area contributed by atoms with Crippen molar-refractivity contribution in [3.63, 3.8) is 0 Å². The minimum atomic E-state index is -2.65. The van der Waals surface area contributed by atoms with Crippen molar-refractivity contribution in [3.05, 3.63) is 151 Å². The number of hydrogen-bond acceptors (Lipinski definition) is 3. The largest absolute Gasteiger partial charge is 0.349 e. The summed E-state index contributed by atoms with van der Waals surface area (Å²) in [6.07, 6.45) is 0. The highest BCUT2D eigenvalue weighted by Gasteiger charge is 2.35. The monoisotopic (exact) mass is 599 g/mol. The molecule has 5 aromatic carbocycles. The maximum Gasteiger partial charge on any atom is 0.248 e. The summed E-state index contributed by atoms with van der Waals surface area (Å²) in [4.78, 5) is 29.3. The van der Waals surface area contributed by atoms with Crippen LogP contribution in [0.5, 0.6) is 0 Å². The second-order valence-corrected chi connectivity index (χ2v) is 14.7. The van der Waals surface area contributed by atoms with Crippen molar-refractivity contribution in [3.8, 4) is 0 Å². The minimum Gasteiger partial charge on any atom is -0.349 e. The molecule has 0 radical (unpaired) electrons. The van der Waals surface area contributed by atoms with E-state index in [0.29, 0.717) is 16.9 Å². The van der Waals surface area contributed by atoms with Crippen LogP contribution in [0.15, 0.2) is 150 Å². The van der Waals surface area contributed by atoms with E-state index in [4.69, 9.17) is 4.74 Å². The van der Waals surface area contributed by atoms with Crippen molar-refractivity contribution >= 4 is 46.2 Å². The van der Waals surface area contributed by atoms with Crippen LogP contribution in [0.2, 0.25) is 0 Å². The minimum absolute atomic E-state index is 0.240. The van der Waals surface area contributed by atoms with Crippen molar-refractivity contribution in [1.82, 2.24) is 5.32 Å². The Morgan fingerprint density at radius 1 is 0.636 bits per heavy atom. The summed E-state index contributed by atoms with van der Waals surface area (Å²) in [7, 11) is -2.65. The van der Waals surface area contributed by atoms with E-state index < -0.39 is 18.6 Å². The van der Waals surface area contributed by atoms with Crippen LogP contribution in [0.3, 0.4) is 0 Å². The van der Waals surface area contributed by atoms with Crippen LogP contribution >= 0.6 is 7.05 Å². The second-order valence-electron chi connectivity index (χ2n) is 11.7. The lowest BCUT2D eigenvalue weighted by Crippen LogP contribution is -2.49. The van der Waals surface area contributed by atoms with Gasteiger partial charge in [0, 0.05) is 39.6 Å². The van der Waals surface area contributed by atoms with Crippen molar-refractivity contribution in [2.75, 3.05) is 4.90 Å². The molecule has 1 atom stereocenters. The van der Waals surface area contributed by atoms with Gasteiger partial charge < -0.3 is 5.32 Å². The van der Waals surface area contributed by atoms with Crippen LogP contribution in [0.25, 0.3) is 0 Å². The molecule has 5 rings (SSSR count). The molecule has 0 aromatic heterocycles. The summed E-state index contributed by atoms with van der Waals surface area (Å²) in [6.45, 7) is 7.32. The van der Waals surface area contributed by atoms with Gasteiger partial charge in [-0.2, -0.15) is 0 Å². The third-order valence-electron chi connectivity index (χ3n) is 7.26. The second kappa shape index (κ2) is 13.3. The van der Waals surface area contributed by atoms with Gasteiger partial charge in [-0.3, -0.25) is 19.2 Å². The molecule has 1 unspecified atom stereocenters. The first-order valence-electron chi connectivity index (χ1n) is 14.8. The van der Waals surface area contributed by atoms with E-state index in [1.165, 1.54) is 6.92 Å². The van der Waals surface area contributed by atoms with E-state index in [-0.39, 0.29) is 11.8 Å². The molecule has 222 valence electrons. The molecule has 0 fully saturated rings. The van der Waals surface area contributed by atoms with Gasteiger partial charge in [0.15, 0.2) is 0 Å². The number of hydrogen-bond donors (Lipinski definition) is 1. The summed E-state index contributed by atoms with van der Waals surface area (Å²) < 4.78 is 5.73. The van der Waals surface area contributed by atoms with Gasteiger partial charge in [0.1, 0.15) is 6.04 Å². The molecule has 0 saturated carbocycles. The molecule has 2 amide bonds. The number of amides is 2. The number of anilines is 1. The molecule has 44 heavy (non-hydrogen) atoms. The number of nitrogens with one attached hydrogen (secondary N) is 1. The zero-order chi connectivity index (χ0) is 31.2. The lowest BCUT2D eigenvalue weighted by molar-refractivity contribution is -0.127. The predicted molar refractivity (Wildman–Crippen MR) is 184 cm³/mol. The van der Waals surface area contributed by atoms with Gasteiger partial charge in [-0.15, -0.1) is 0 Å². The quantitative estimate of drug-likeness (QED) is 0.188. The van der Waals surface area contributed by atoms with E-state index in [9.17, 15) is 9.59 Å². The SMILES string of the molecule is CC(=O)N(c1ccccc1)C(C(=O)NC(C)(C)C)c1ccccc1N=P(c1ccccc1)(c1ccccc1)c1ccccc1. The lowest BCUT2D eigenvalue weighted by Gasteiger charge is -2.34. The average molecular weight is 600 g/mol. The molecule has 0 heterocycles. The Kier molecular flexibility index (Phi) is 9.27. The van der Waals surface area contributed by atoms with E-state index in [1.54, 1.807) is 4.90 Å². The summed E-state index contributed by atoms with van der Waals surface area (Å²) in [5.74, 6) is -0.516. The maximum absolute atomic E-state index is 14.3. The highest BCUT2D eigenvalue weighted by molar-refractivity contribution is 7.87. The van der Waals surface area contributed by atoms with Crippen LogP contribution in [0.1, 0.15) is 39.3 Å². The molecule has 0 aliphatic carbocycles. The average Bonchev–Trinajstić information content (AvgIpc) is 3.03. The maximum atomic E-state index is 14.3. The molecule has 1 N–H and O–H groups in total. The standard InChI is InChI=1S/C38H38N3O2P/c1-29(42)41(30-19-9-5-10-20-30)36(37(43)39-38(2,3)4)34-27-17-18-28-35(34)40-44(31-21-11-6-12-22-31,32-23-13-7-14-24-32)33-25-15-8-16-26-33/h5-28,36H,1-4H3,(H,39,43). The highest BCUT2D eigenvalue weighted by Crippen LogP contribution is 2.50. The molecule has 0 aliphatic rings. The number of carbonyl (C=O) groups excluding carboxylic acids is 2. The zero-order valence-electron chi connectivity index (χ0n) is 25.6. The number of para-hydroxylation sites is 1. The molecule has 0 spiro atoms. The fourth-order valence-corrected chi connectivity index (χ4v) is 9.02. The molecule has 5 nitrogen and oxygen atoms in total. The van der Waals surface area contributed by atoms with E-state index in [1.807, 2.05) is 130 Å². The normalized spacial score (nSPS) is 12.2. The Labute approximate surface area is 260 Å². The summed E-state index contributed by atoms with van der Waals surface area (Å²) in [6, 6.07) is 47.2. The van der Waals surface area contributed by atoms with E-state index in [2.05, 4.69) is 41.7 Å². The van der Waals surface area contributed by atoms with Crippen molar-refractivity contribution in [2.24, 2.45) is 4.74 Å². The predicted octanol–water partition coefficient (Wildman–Crippen LogP) is 7.50. The Bertz CT molecular complexity index is 1660. The zero-order valence-corrected chi connectivity index (χ0v) is 26.5. The molecular formula is C38H38N3O2P. The molecule has 6 heteroatoms. The van der Waals surface area contributed by atoms with E-state index in [0.717, 1.165) is 15.9 Å². The molecule has 0 bridgehead atoms. The first-order valence-corrected chi connectivity index (χ1v) is 16.5. The van der Waals surface area contributed by atoms with Crippen LogP contribution in [-0.4, -0.2) is 17.4 Å². The number of rotatable bonds is 8. The Hall–Kier alpha value is -4.73. The van der Waals surface area contributed by atoms with Gasteiger partial charge in [-0.05, 0) is 39.0 Å². The van der Waals surface area contributed by atoms with Gasteiger partial charge in [0.05, 0.1) is 12.7 Å². The fourth-order valence-electron chi connectivity index (χ4n) is 5.46. The first kappa shape index (κ1) is 30.7. The Morgan fingerprint density at radius 2 is 1.05 bits per heavy atom. The van der Waals surface area contributed by atoms with Gasteiger partial charge in [-0.25, -0.2) is 0 Å². The van der Waals surface area contributed by atoms with Gasteiger partial charge in [0.25, 0.3) is 0 Å². The molecular weight excluding hydrogens is 561 g/mol. The topological polar surface area (TPSA) is 61.8 Å². The number of nitrogens with zero attached hydrogens (tertiary/aromatic N) is 2. The van der Waals surface area contributed by atoms with Crippen LogP contribution in [0, 0.1) is 0 Å². The van der Waals surface area contributed by atoms with E-state index >= 15 is 0 Å². The first-order chi connectivity index (χ1) is 21.2. The van der Waals surface area contributed by atoms with Crippen LogP contribution in [-0.2, 0) is 9.59 Å². The lowest BCUT2D eigenvalue weighted by atomic mass is 9.99. The Balaban J connectivity index is 1.86. The van der Waals surface area contributed by atoms with Crippen molar-refractivity contribution in [1.29, 1.82) is 0 Å². The summed E-state index contributed by atoms with van der Waals surface area (Å²) in [5.41, 5.74) is 1.43. The number of carbonyl (C=O) groups is 2. The summed E-state index contributed by atoms with van der Waals surface area (Å²) >= 11 is 0. The Morgan fingerprint density at radius 3 is 1.48 bits per heavy atom. The summed E-state index contributed by atoms with van der Waals surface area (Å²) in [5, 5.41) is 6.42. The fraction of sp³-hybridized carbons (Fsp3) is 0.158. The number of benzene rings is 5. The van der Waals surface area contributed by atoms with Gasteiger partial charge in [0.2, 0.25) is 11.8 Å². The van der Waals surface area contributed by atoms with Gasteiger partial charge >= 0.3 is 0 Å². The smallest absolute Gasteiger partial charge is 0.248 e. The van der Waals surface area contributed by atoms with Crippen LogP contribution < -0.4 is 26.1 Å². The third kappa shape index (κ3) is 6.59. The molecule has 0 saturated heterocycles.